The molecule has 1 amide bonds. The molecule has 5 heteroatoms. The fourth-order valence-corrected chi connectivity index (χ4v) is 2.38. The molecule has 0 radical (unpaired) electrons. The van der Waals surface area contributed by atoms with Crippen LogP contribution in [0.15, 0.2) is 24.3 Å². The van der Waals surface area contributed by atoms with Crippen LogP contribution in [-0.4, -0.2) is 29.9 Å². The molecule has 1 atom stereocenters. The molecule has 1 heterocycles. The Morgan fingerprint density at radius 1 is 1.50 bits per heavy atom. The van der Waals surface area contributed by atoms with Gasteiger partial charge in [-0.15, -0.1) is 12.4 Å². The van der Waals surface area contributed by atoms with Gasteiger partial charge in [0.05, 0.1) is 6.42 Å². The molecule has 0 spiro atoms. The van der Waals surface area contributed by atoms with Gasteiger partial charge in [0.1, 0.15) is 0 Å². The zero-order valence-corrected chi connectivity index (χ0v) is 11.7. The quantitative estimate of drug-likeness (QED) is 0.907. The van der Waals surface area contributed by atoms with Crippen LogP contribution in [0, 0.1) is 0 Å². The molecule has 1 aromatic carbocycles. The molecular weight excluding hydrogens is 271 g/mol. The van der Waals surface area contributed by atoms with E-state index in [1.807, 2.05) is 29.2 Å². The molecule has 1 aliphatic rings. The van der Waals surface area contributed by atoms with Gasteiger partial charge in [0.2, 0.25) is 5.91 Å². The normalized spacial score (nSPS) is 19.2. The van der Waals surface area contributed by atoms with E-state index in [9.17, 15) is 4.79 Å². The van der Waals surface area contributed by atoms with Crippen LogP contribution < -0.4 is 5.73 Å². The topological polar surface area (TPSA) is 46.3 Å². The number of nitrogens with two attached hydrogens (primary N) is 1. The van der Waals surface area contributed by atoms with Crippen molar-refractivity contribution in [2.75, 3.05) is 13.1 Å². The molecule has 1 aliphatic heterocycles. The fraction of sp³-hybridized carbons (Fsp3) is 0.462. The molecule has 0 saturated carbocycles. The van der Waals surface area contributed by atoms with E-state index < -0.39 is 0 Å². The summed E-state index contributed by atoms with van der Waals surface area (Å²) in [4.78, 5) is 13.9. The van der Waals surface area contributed by atoms with Gasteiger partial charge < -0.3 is 10.6 Å². The molecule has 1 saturated heterocycles. The lowest BCUT2D eigenvalue weighted by Crippen LogP contribution is -2.46. The molecule has 18 heavy (non-hydrogen) atoms. The van der Waals surface area contributed by atoms with Crippen molar-refractivity contribution >= 4 is 29.9 Å². The molecular formula is C13H18Cl2N2O. The number of piperidine rings is 1. The predicted molar refractivity (Wildman–Crippen MR) is 76.2 cm³/mol. The molecule has 1 fully saturated rings. The minimum absolute atomic E-state index is 0. The van der Waals surface area contributed by atoms with Crippen LogP contribution in [0.1, 0.15) is 18.4 Å². The average Bonchev–Trinajstić information content (AvgIpc) is 2.29. The van der Waals surface area contributed by atoms with Gasteiger partial charge in [-0.25, -0.2) is 0 Å². The third-order valence-corrected chi connectivity index (χ3v) is 3.29. The van der Waals surface area contributed by atoms with Crippen molar-refractivity contribution in [2.24, 2.45) is 5.73 Å². The minimum Gasteiger partial charge on any atom is -0.341 e. The predicted octanol–water partition coefficient (Wildman–Crippen LogP) is 2.25. The van der Waals surface area contributed by atoms with Gasteiger partial charge in [0, 0.05) is 24.2 Å². The van der Waals surface area contributed by atoms with E-state index in [2.05, 4.69) is 0 Å². The monoisotopic (exact) mass is 288 g/mol. The van der Waals surface area contributed by atoms with E-state index in [0.717, 1.165) is 24.9 Å². The van der Waals surface area contributed by atoms with Crippen LogP contribution in [0.3, 0.4) is 0 Å². The third-order valence-electron chi connectivity index (χ3n) is 3.05. The lowest BCUT2D eigenvalue weighted by Gasteiger charge is -2.30. The number of carbonyl (C=O) groups is 1. The molecule has 0 aromatic heterocycles. The molecule has 100 valence electrons. The number of benzene rings is 1. The number of amides is 1. The third kappa shape index (κ3) is 4.16. The number of hydrogen-bond donors (Lipinski definition) is 1. The summed E-state index contributed by atoms with van der Waals surface area (Å²) in [5.74, 6) is 0.141. The van der Waals surface area contributed by atoms with Crippen LogP contribution in [0.2, 0.25) is 5.02 Å². The minimum atomic E-state index is 0. The van der Waals surface area contributed by atoms with E-state index in [0.29, 0.717) is 18.0 Å². The van der Waals surface area contributed by atoms with Gasteiger partial charge in [-0.2, -0.15) is 0 Å². The van der Waals surface area contributed by atoms with E-state index in [-0.39, 0.29) is 24.4 Å². The second-order valence-corrected chi connectivity index (χ2v) is 4.99. The first-order chi connectivity index (χ1) is 8.15. The van der Waals surface area contributed by atoms with Crippen molar-refractivity contribution in [3.8, 4) is 0 Å². The Hall–Kier alpha value is -0.770. The fourth-order valence-electron chi connectivity index (χ4n) is 2.17. The van der Waals surface area contributed by atoms with Crippen molar-refractivity contribution in [3.05, 3.63) is 34.9 Å². The Kier molecular flexibility index (Phi) is 5.93. The Morgan fingerprint density at radius 3 is 2.94 bits per heavy atom. The van der Waals surface area contributed by atoms with Gasteiger partial charge in [-0.3, -0.25) is 4.79 Å². The highest BCUT2D eigenvalue weighted by molar-refractivity contribution is 6.30. The zero-order valence-electron chi connectivity index (χ0n) is 10.1. The standard InChI is InChI=1S/C13H17ClN2O.ClH/c14-11-4-1-3-10(7-11)8-13(17)16-6-2-5-12(15)9-16;/h1,3-4,7,12H,2,5-6,8-9,15H2;1H/t12-;/m1./s1. The number of carbonyl (C=O) groups excluding carboxylic acids is 1. The van der Waals surface area contributed by atoms with Crippen molar-refractivity contribution in [2.45, 2.75) is 25.3 Å². The van der Waals surface area contributed by atoms with Gasteiger partial charge in [-0.05, 0) is 30.5 Å². The number of likely N-dealkylation sites (tertiary alicyclic amines) is 1. The number of rotatable bonds is 2. The van der Waals surface area contributed by atoms with Crippen molar-refractivity contribution in [3.63, 3.8) is 0 Å². The maximum Gasteiger partial charge on any atom is 0.227 e. The summed E-state index contributed by atoms with van der Waals surface area (Å²) in [6.07, 6.45) is 2.43. The maximum absolute atomic E-state index is 12.1. The molecule has 1 aromatic rings. The first-order valence-corrected chi connectivity index (χ1v) is 6.31. The smallest absolute Gasteiger partial charge is 0.227 e. The highest BCUT2D eigenvalue weighted by Crippen LogP contribution is 2.14. The van der Waals surface area contributed by atoms with Crippen LogP contribution >= 0.6 is 24.0 Å². The molecule has 0 unspecified atom stereocenters. The van der Waals surface area contributed by atoms with Gasteiger partial charge in [0.15, 0.2) is 0 Å². The molecule has 2 N–H and O–H groups in total. The SMILES string of the molecule is Cl.N[C@@H]1CCCN(C(=O)Cc2cccc(Cl)c2)C1. The van der Waals surface area contributed by atoms with Crippen molar-refractivity contribution in [1.82, 2.24) is 4.90 Å². The highest BCUT2D eigenvalue weighted by atomic mass is 35.5. The van der Waals surface area contributed by atoms with E-state index in [4.69, 9.17) is 17.3 Å². The lowest BCUT2D eigenvalue weighted by atomic mass is 10.1. The molecule has 2 rings (SSSR count). The summed E-state index contributed by atoms with van der Waals surface area (Å²) in [6.45, 7) is 1.51. The molecule has 0 bridgehead atoms. The lowest BCUT2D eigenvalue weighted by molar-refractivity contribution is -0.131. The average molecular weight is 289 g/mol. The van der Waals surface area contributed by atoms with Crippen LogP contribution in [0.25, 0.3) is 0 Å². The largest absolute Gasteiger partial charge is 0.341 e. The number of hydrogen-bond acceptors (Lipinski definition) is 2. The van der Waals surface area contributed by atoms with E-state index >= 15 is 0 Å². The summed E-state index contributed by atoms with van der Waals surface area (Å²) < 4.78 is 0. The van der Waals surface area contributed by atoms with Crippen molar-refractivity contribution in [1.29, 1.82) is 0 Å². The Morgan fingerprint density at radius 2 is 2.28 bits per heavy atom. The van der Waals surface area contributed by atoms with Gasteiger partial charge in [0.25, 0.3) is 0 Å². The summed E-state index contributed by atoms with van der Waals surface area (Å²) in [7, 11) is 0. The summed E-state index contributed by atoms with van der Waals surface area (Å²) in [5.41, 5.74) is 6.83. The Labute approximate surface area is 119 Å². The van der Waals surface area contributed by atoms with E-state index in [1.54, 1.807) is 0 Å². The first-order valence-electron chi connectivity index (χ1n) is 5.93. The zero-order chi connectivity index (χ0) is 12.3. The summed E-state index contributed by atoms with van der Waals surface area (Å²) in [5, 5.41) is 0.672. The molecule has 3 nitrogen and oxygen atoms in total. The van der Waals surface area contributed by atoms with Gasteiger partial charge >= 0.3 is 0 Å². The van der Waals surface area contributed by atoms with E-state index in [1.165, 1.54) is 0 Å². The number of halogens is 2. The first kappa shape index (κ1) is 15.3. The van der Waals surface area contributed by atoms with Crippen LogP contribution in [0.4, 0.5) is 0 Å². The number of nitrogens with zero attached hydrogens (tertiary/aromatic N) is 1. The summed E-state index contributed by atoms with van der Waals surface area (Å²) in [6, 6.07) is 7.57. The van der Waals surface area contributed by atoms with Crippen molar-refractivity contribution < 1.29 is 4.79 Å². The Bertz CT molecular complexity index is 412. The van der Waals surface area contributed by atoms with Crippen LogP contribution in [0.5, 0.6) is 0 Å². The second kappa shape index (κ2) is 6.98. The second-order valence-electron chi connectivity index (χ2n) is 4.55. The Balaban J connectivity index is 0.00000162. The summed E-state index contributed by atoms with van der Waals surface area (Å²) >= 11 is 5.89. The highest BCUT2D eigenvalue weighted by Gasteiger charge is 2.21. The maximum atomic E-state index is 12.1. The molecule has 0 aliphatic carbocycles. The van der Waals surface area contributed by atoms with Crippen LogP contribution in [-0.2, 0) is 11.2 Å². The van der Waals surface area contributed by atoms with Gasteiger partial charge in [-0.1, -0.05) is 23.7 Å².